The Balaban J connectivity index is 0.936. The molecule has 21 heteroatoms. The van der Waals surface area contributed by atoms with Crippen LogP contribution < -0.4 is 14.8 Å². The first-order valence-electron chi connectivity index (χ1n) is 23.5. The molecule has 0 unspecified atom stereocenters. The van der Waals surface area contributed by atoms with Gasteiger partial charge in [-0.2, -0.15) is 5.26 Å². The van der Waals surface area contributed by atoms with Crippen LogP contribution in [0.15, 0.2) is 43.1 Å². The van der Waals surface area contributed by atoms with E-state index < -0.39 is 0 Å². The number of hydrogen-bond acceptors (Lipinski definition) is 19. The average Bonchev–Trinajstić information content (AvgIpc) is 4.00. The molecule has 2 aliphatic rings. The highest BCUT2D eigenvalue weighted by molar-refractivity contribution is 5.67. The Morgan fingerprint density at radius 3 is 1.96 bits per heavy atom. The van der Waals surface area contributed by atoms with Crippen molar-refractivity contribution in [3.8, 4) is 28.8 Å². The van der Waals surface area contributed by atoms with Crippen molar-refractivity contribution in [3.05, 3.63) is 48.7 Å². The summed E-state index contributed by atoms with van der Waals surface area (Å²) in [5.41, 5.74) is 2.67. The Hall–Kier alpha value is -4.89. The highest BCUT2D eigenvalue weighted by atomic mass is 16.6. The lowest BCUT2D eigenvalue weighted by Gasteiger charge is -2.42. The lowest BCUT2D eigenvalue weighted by Crippen LogP contribution is -2.51. The van der Waals surface area contributed by atoms with Crippen LogP contribution in [0.1, 0.15) is 64.5 Å². The zero-order valence-corrected chi connectivity index (χ0v) is 39.5. The van der Waals surface area contributed by atoms with Gasteiger partial charge in [-0.15, -0.1) is 10.2 Å². The maximum absolute atomic E-state index is 9.76. The van der Waals surface area contributed by atoms with Crippen molar-refractivity contribution >= 4 is 11.6 Å². The molecule has 2 fully saturated rings. The molecular formula is C46H69N11O10. The van der Waals surface area contributed by atoms with E-state index in [4.69, 9.17) is 52.5 Å². The number of benzene rings is 1. The van der Waals surface area contributed by atoms with Crippen LogP contribution in [0, 0.1) is 11.3 Å². The van der Waals surface area contributed by atoms with Gasteiger partial charge >= 0.3 is 0 Å². The van der Waals surface area contributed by atoms with Gasteiger partial charge in [0.1, 0.15) is 29.9 Å². The molecular weight excluding hydrogens is 867 g/mol. The summed E-state index contributed by atoms with van der Waals surface area (Å²) in [7, 11) is 1.65. The largest absolute Gasteiger partial charge is 0.487 e. The SMILES string of the molecule is COCCOCCOCCOCCOCCOCCOCCCOc1nn(C2CCC(N3C[C@@H](C)O[C@@H](C)C3)CC2)cc1Nc1ncc(-c2ccc(C#N)c(O[C@@H](C)Cn3cnnn3)c2)cn1. The second-order valence-corrected chi connectivity index (χ2v) is 16.6. The van der Waals surface area contributed by atoms with Crippen LogP contribution in [0.3, 0.4) is 0 Å². The number of ether oxygens (including phenoxy) is 10. The van der Waals surface area contributed by atoms with Crippen molar-refractivity contribution in [3.63, 3.8) is 0 Å². The van der Waals surface area contributed by atoms with Gasteiger partial charge in [0.05, 0.1) is 122 Å². The molecule has 1 saturated carbocycles. The first-order valence-corrected chi connectivity index (χ1v) is 23.5. The maximum Gasteiger partial charge on any atom is 0.256 e. The number of nitrogens with zero attached hydrogens (tertiary/aromatic N) is 10. The van der Waals surface area contributed by atoms with Crippen molar-refractivity contribution < 1.29 is 47.4 Å². The number of anilines is 2. The van der Waals surface area contributed by atoms with Crippen molar-refractivity contribution in [2.24, 2.45) is 0 Å². The molecule has 1 saturated heterocycles. The summed E-state index contributed by atoms with van der Waals surface area (Å²) >= 11 is 0. The molecule has 368 valence electrons. The van der Waals surface area contributed by atoms with Crippen LogP contribution >= 0.6 is 0 Å². The maximum atomic E-state index is 9.76. The molecule has 21 nitrogen and oxygen atoms in total. The number of methoxy groups -OCH3 is 1. The Bertz CT molecular complexity index is 1990. The van der Waals surface area contributed by atoms with Crippen molar-refractivity contribution in [1.82, 2.24) is 44.9 Å². The molecule has 0 spiro atoms. The van der Waals surface area contributed by atoms with Gasteiger partial charge in [0.2, 0.25) is 5.95 Å². The summed E-state index contributed by atoms with van der Waals surface area (Å²) in [5.74, 6) is 1.33. The molecule has 67 heavy (non-hydrogen) atoms. The summed E-state index contributed by atoms with van der Waals surface area (Å²) < 4.78 is 60.3. The summed E-state index contributed by atoms with van der Waals surface area (Å²) in [5, 5.41) is 29.3. The van der Waals surface area contributed by atoms with Gasteiger partial charge < -0.3 is 52.7 Å². The Morgan fingerprint density at radius 1 is 0.776 bits per heavy atom. The molecule has 1 aliphatic heterocycles. The van der Waals surface area contributed by atoms with E-state index >= 15 is 0 Å². The minimum Gasteiger partial charge on any atom is -0.487 e. The van der Waals surface area contributed by atoms with Gasteiger partial charge in [0.25, 0.3) is 5.88 Å². The standard InChI is InChI=1S/C46H69N11O10/c1-35-30-55(31-36(2)66-35)41-8-10-42(11-9-41)57-33-43(45(52-57)65-13-5-12-59-16-17-61-20-21-63-24-25-64-23-22-62-19-18-60-15-14-58-4)51-46-48-28-40(29-49-46)38-6-7-39(27-47)44(26-38)67-37(3)32-56-34-50-53-54-56/h6-7,26,28-29,33-37,41-42H,5,8-25,30-32H2,1-4H3,(H,48,49,51)/t35-,36+,37-,41?,42?/m0/s1. The first-order chi connectivity index (χ1) is 32.9. The fourth-order valence-electron chi connectivity index (χ4n) is 7.97. The summed E-state index contributed by atoms with van der Waals surface area (Å²) in [6.07, 6.45) is 12.1. The van der Waals surface area contributed by atoms with Crippen LogP contribution in [0.25, 0.3) is 11.1 Å². The monoisotopic (exact) mass is 936 g/mol. The number of nitrogens with one attached hydrogen (secondary N) is 1. The topological polar surface area (TPSA) is 219 Å². The van der Waals surface area contributed by atoms with Crippen LogP contribution in [-0.4, -0.2) is 182 Å². The molecule has 1 aromatic carbocycles. The molecule has 4 heterocycles. The van der Waals surface area contributed by atoms with Crippen LogP contribution in [-0.2, 0) is 44.4 Å². The number of hydrogen-bond donors (Lipinski definition) is 1. The van der Waals surface area contributed by atoms with Gasteiger partial charge in [0, 0.05) is 57.2 Å². The molecule has 1 aliphatic carbocycles. The Morgan fingerprint density at radius 2 is 1.37 bits per heavy atom. The molecule has 0 amide bonds. The smallest absolute Gasteiger partial charge is 0.256 e. The molecule has 6 rings (SSSR count). The summed E-state index contributed by atoms with van der Waals surface area (Å²) in [4.78, 5) is 11.9. The Kier molecular flexibility index (Phi) is 22.4. The van der Waals surface area contributed by atoms with E-state index in [0.717, 1.165) is 49.9 Å². The van der Waals surface area contributed by atoms with E-state index in [1.54, 1.807) is 30.3 Å². The Labute approximate surface area is 393 Å². The van der Waals surface area contributed by atoms with Gasteiger partial charge in [-0.1, -0.05) is 6.07 Å². The van der Waals surface area contributed by atoms with Crippen molar-refractivity contribution in [1.29, 1.82) is 5.26 Å². The predicted molar refractivity (Wildman–Crippen MR) is 245 cm³/mol. The number of aromatic nitrogens is 8. The molecule has 3 aromatic heterocycles. The van der Waals surface area contributed by atoms with E-state index in [-0.39, 0.29) is 24.4 Å². The van der Waals surface area contributed by atoms with Gasteiger partial charge in [-0.05, 0) is 74.6 Å². The lowest BCUT2D eigenvalue weighted by molar-refractivity contribution is -0.0852. The third-order valence-electron chi connectivity index (χ3n) is 11.2. The number of tetrazole rings is 1. The fourth-order valence-corrected chi connectivity index (χ4v) is 7.97. The number of morpholine rings is 1. The van der Waals surface area contributed by atoms with Crippen LogP contribution in [0.4, 0.5) is 11.6 Å². The second-order valence-electron chi connectivity index (χ2n) is 16.6. The van der Waals surface area contributed by atoms with Crippen LogP contribution in [0.5, 0.6) is 11.6 Å². The molecule has 3 atom stereocenters. The van der Waals surface area contributed by atoms with Gasteiger partial charge in [-0.25, -0.2) is 14.6 Å². The number of nitriles is 1. The van der Waals surface area contributed by atoms with E-state index in [1.807, 2.05) is 29.9 Å². The number of rotatable bonds is 32. The van der Waals surface area contributed by atoms with E-state index in [9.17, 15) is 5.26 Å². The highest BCUT2D eigenvalue weighted by Crippen LogP contribution is 2.36. The van der Waals surface area contributed by atoms with E-state index in [0.29, 0.717) is 140 Å². The lowest BCUT2D eigenvalue weighted by atomic mass is 9.89. The normalized spacial score (nSPS) is 19.3. The van der Waals surface area contributed by atoms with Crippen LogP contribution in [0.2, 0.25) is 0 Å². The zero-order valence-electron chi connectivity index (χ0n) is 39.5. The fraction of sp³-hybridized carbons (Fsp3) is 0.674. The summed E-state index contributed by atoms with van der Waals surface area (Å²) in [6, 6.07) is 8.40. The highest BCUT2D eigenvalue weighted by Gasteiger charge is 2.32. The third-order valence-corrected chi connectivity index (χ3v) is 11.2. The van der Waals surface area contributed by atoms with E-state index in [1.165, 1.54) is 6.33 Å². The quantitative estimate of drug-likeness (QED) is 0.0666. The summed E-state index contributed by atoms with van der Waals surface area (Å²) in [6.45, 7) is 15.7. The van der Waals surface area contributed by atoms with E-state index in [2.05, 4.69) is 55.6 Å². The molecule has 1 N–H and O–H groups in total. The van der Waals surface area contributed by atoms with Crippen molar-refractivity contribution in [2.75, 3.05) is 118 Å². The minimum absolute atomic E-state index is 0.242. The first kappa shape index (κ1) is 51.5. The zero-order chi connectivity index (χ0) is 46.9. The third kappa shape index (κ3) is 17.9. The molecule has 0 radical (unpaired) electrons. The van der Waals surface area contributed by atoms with Gasteiger partial charge in [-0.3, -0.25) is 9.58 Å². The molecule has 4 aromatic rings. The minimum atomic E-state index is -0.291. The van der Waals surface area contributed by atoms with Crippen molar-refractivity contribution in [2.45, 2.75) is 89.8 Å². The molecule has 0 bridgehead atoms. The average molecular weight is 936 g/mol. The van der Waals surface area contributed by atoms with Gasteiger partial charge in [0.15, 0.2) is 0 Å². The predicted octanol–water partition coefficient (Wildman–Crippen LogP) is 4.52. The second kappa shape index (κ2) is 29.1.